The molecule has 0 radical (unpaired) electrons. The number of amides is 1. The smallest absolute Gasteiger partial charge is 0.266 e. The Kier molecular flexibility index (Phi) is 3.35. The SMILES string of the molecule is Nc1c(C(=O)N(CCO)C2CC2)sc2cccc(F)c12. The average molecular weight is 294 g/mol. The molecule has 0 atom stereocenters. The Labute approximate surface area is 119 Å². The fourth-order valence-electron chi connectivity index (χ4n) is 2.36. The highest BCUT2D eigenvalue weighted by atomic mass is 32.1. The number of fused-ring (bicyclic) bond motifs is 1. The number of carbonyl (C=O) groups excluding carboxylic acids is 1. The summed E-state index contributed by atoms with van der Waals surface area (Å²) in [4.78, 5) is 14.5. The van der Waals surface area contributed by atoms with Crippen molar-refractivity contribution in [2.24, 2.45) is 0 Å². The third-order valence-corrected chi connectivity index (χ3v) is 4.64. The first-order valence-corrected chi connectivity index (χ1v) is 7.33. The summed E-state index contributed by atoms with van der Waals surface area (Å²) in [5.41, 5.74) is 6.16. The predicted octanol–water partition coefficient (Wildman–Crippen LogP) is 2.22. The minimum absolute atomic E-state index is 0.0819. The summed E-state index contributed by atoms with van der Waals surface area (Å²) in [5, 5.41) is 9.40. The number of halogens is 1. The molecular formula is C14H15FN2O2S. The Morgan fingerprint density at radius 3 is 2.85 bits per heavy atom. The molecule has 3 N–H and O–H groups in total. The molecule has 4 nitrogen and oxygen atoms in total. The Morgan fingerprint density at radius 1 is 1.50 bits per heavy atom. The predicted molar refractivity (Wildman–Crippen MR) is 77.3 cm³/mol. The van der Waals surface area contributed by atoms with Crippen molar-refractivity contribution in [3.63, 3.8) is 0 Å². The molecule has 1 heterocycles. The van der Waals surface area contributed by atoms with Gasteiger partial charge in [-0.1, -0.05) is 6.07 Å². The van der Waals surface area contributed by atoms with Crippen LogP contribution in [0.2, 0.25) is 0 Å². The van der Waals surface area contributed by atoms with Gasteiger partial charge in [-0.3, -0.25) is 4.79 Å². The molecular weight excluding hydrogens is 279 g/mol. The van der Waals surface area contributed by atoms with E-state index in [4.69, 9.17) is 10.8 Å². The van der Waals surface area contributed by atoms with Gasteiger partial charge in [0.1, 0.15) is 10.7 Å². The van der Waals surface area contributed by atoms with Crippen LogP contribution >= 0.6 is 11.3 Å². The molecule has 1 aromatic heterocycles. The third kappa shape index (κ3) is 2.14. The summed E-state index contributed by atoms with van der Waals surface area (Å²) >= 11 is 1.21. The van der Waals surface area contributed by atoms with E-state index in [1.807, 2.05) is 0 Å². The highest BCUT2D eigenvalue weighted by Gasteiger charge is 2.34. The summed E-state index contributed by atoms with van der Waals surface area (Å²) in [6, 6.07) is 4.88. The summed E-state index contributed by atoms with van der Waals surface area (Å²) in [5.74, 6) is -0.616. The van der Waals surface area contributed by atoms with Gasteiger partial charge in [0.2, 0.25) is 0 Å². The molecule has 6 heteroatoms. The Balaban J connectivity index is 2.03. The van der Waals surface area contributed by atoms with Gasteiger partial charge in [-0.25, -0.2) is 4.39 Å². The zero-order chi connectivity index (χ0) is 14.3. The second-order valence-corrected chi connectivity index (χ2v) is 5.96. The lowest BCUT2D eigenvalue weighted by Crippen LogP contribution is -2.35. The van der Waals surface area contributed by atoms with Crippen LogP contribution in [0.25, 0.3) is 10.1 Å². The van der Waals surface area contributed by atoms with Gasteiger partial charge in [-0.15, -0.1) is 11.3 Å². The van der Waals surface area contributed by atoms with E-state index in [2.05, 4.69) is 0 Å². The molecule has 20 heavy (non-hydrogen) atoms. The fraction of sp³-hybridized carbons (Fsp3) is 0.357. The number of nitrogen functional groups attached to an aromatic ring is 1. The first-order chi connectivity index (χ1) is 9.63. The van der Waals surface area contributed by atoms with Gasteiger partial charge in [-0.2, -0.15) is 0 Å². The monoisotopic (exact) mass is 294 g/mol. The lowest BCUT2D eigenvalue weighted by Gasteiger charge is -2.20. The van der Waals surface area contributed by atoms with Gasteiger partial charge < -0.3 is 15.7 Å². The lowest BCUT2D eigenvalue weighted by atomic mass is 10.2. The van der Waals surface area contributed by atoms with Crippen LogP contribution in [0, 0.1) is 5.82 Å². The maximum atomic E-state index is 13.8. The molecule has 2 aromatic rings. The molecule has 1 aromatic carbocycles. The van der Waals surface area contributed by atoms with Gasteiger partial charge in [0, 0.05) is 17.3 Å². The van der Waals surface area contributed by atoms with Crippen LogP contribution in [-0.4, -0.2) is 35.1 Å². The van der Waals surface area contributed by atoms with Gasteiger partial charge >= 0.3 is 0 Å². The zero-order valence-electron chi connectivity index (χ0n) is 10.8. The lowest BCUT2D eigenvalue weighted by molar-refractivity contribution is 0.0713. The molecule has 0 saturated heterocycles. The van der Waals surface area contributed by atoms with E-state index in [0.29, 0.717) is 21.5 Å². The maximum absolute atomic E-state index is 13.8. The van der Waals surface area contributed by atoms with Crippen molar-refractivity contribution in [1.29, 1.82) is 0 Å². The number of anilines is 1. The molecule has 1 amide bonds. The van der Waals surface area contributed by atoms with Crippen LogP contribution in [0.4, 0.5) is 10.1 Å². The van der Waals surface area contributed by atoms with Crippen molar-refractivity contribution in [3.05, 3.63) is 28.9 Å². The van der Waals surface area contributed by atoms with Gasteiger partial charge in [0.25, 0.3) is 5.91 Å². The second kappa shape index (κ2) is 5.03. The van der Waals surface area contributed by atoms with E-state index in [0.717, 1.165) is 12.8 Å². The van der Waals surface area contributed by atoms with Crippen LogP contribution in [0.3, 0.4) is 0 Å². The standard InChI is InChI=1S/C14H15FN2O2S/c15-9-2-1-3-10-11(9)12(16)13(20-10)14(19)17(6-7-18)8-4-5-8/h1-3,8,18H,4-7,16H2. The minimum atomic E-state index is -0.407. The average Bonchev–Trinajstić information content (AvgIpc) is 3.20. The van der Waals surface area contributed by atoms with Crippen LogP contribution in [-0.2, 0) is 0 Å². The van der Waals surface area contributed by atoms with Crippen molar-refractivity contribution >= 4 is 33.0 Å². The summed E-state index contributed by atoms with van der Waals surface area (Å²) in [6.07, 6.45) is 1.90. The number of thiophene rings is 1. The van der Waals surface area contributed by atoms with Crippen molar-refractivity contribution in [2.45, 2.75) is 18.9 Å². The second-order valence-electron chi connectivity index (χ2n) is 4.91. The highest BCUT2D eigenvalue weighted by Crippen LogP contribution is 2.37. The first-order valence-electron chi connectivity index (χ1n) is 6.51. The summed E-state index contributed by atoms with van der Waals surface area (Å²) < 4.78 is 14.5. The number of carbonyl (C=O) groups is 1. The number of benzene rings is 1. The van der Waals surface area contributed by atoms with Crippen molar-refractivity contribution in [1.82, 2.24) is 4.90 Å². The number of hydrogen-bond donors (Lipinski definition) is 2. The number of aliphatic hydroxyl groups excluding tert-OH is 1. The molecule has 0 bridgehead atoms. The number of aliphatic hydroxyl groups is 1. The van der Waals surface area contributed by atoms with Gasteiger partial charge in [0.05, 0.1) is 17.7 Å². The number of hydrogen-bond acceptors (Lipinski definition) is 4. The van der Waals surface area contributed by atoms with Crippen LogP contribution in [0.1, 0.15) is 22.5 Å². The Morgan fingerprint density at radius 2 is 2.25 bits per heavy atom. The topological polar surface area (TPSA) is 66.6 Å². The van der Waals surface area contributed by atoms with E-state index in [1.54, 1.807) is 17.0 Å². The molecule has 1 fully saturated rings. The molecule has 0 aliphatic heterocycles. The Hall–Kier alpha value is -1.66. The maximum Gasteiger partial charge on any atom is 0.266 e. The largest absolute Gasteiger partial charge is 0.397 e. The highest BCUT2D eigenvalue weighted by molar-refractivity contribution is 7.21. The van der Waals surface area contributed by atoms with Crippen molar-refractivity contribution < 1.29 is 14.3 Å². The van der Waals surface area contributed by atoms with Crippen LogP contribution < -0.4 is 5.73 Å². The Bertz CT molecular complexity index is 666. The van der Waals surface area contributed by atoms with Crippen LogP contribution in [0.15, 0.2) is 18.2 Å². The van der Waals surface area contributed by atoms with E-state index < -0.39 is 5.82 Å². The van der Waals surface area contributed by atoms with E-state index in [9.17, 15) is 9.18 Å². The molecule has 1 saturated carbocycles. The van der Waals surface area contributed by atoms with E-state index in [-0.39, 0.29) is 24.2 Å². The van der Waals surface area contributed by atoms with Gasteiger partial charge in [0.15, 0.2) is 0 Å². The van der Waals surface area contributed by atoms with Gasteiger partial charge in [-0.05, 0) is 25.0 Å². The molecule has 106 valence electrons. The zero-order valence-corrected chi connectivity index (χ0v) is 11.6. The minimum Gasteiger partial charge on any atom is -0.397 e. The molecule has 0 unspecified atom stereocenters. The number of nitrogens with zero attached hydrogens (tertiary/aromatic N) is 1. The fourth-order valence-corrected chi connectivity index (χ4v) is 3.46. The first kappa shape index (κ1) is 13.3. The number of rotatable bonds is 4. The quantitative estimate of drug-likeness (QED) is 0.908. The summed E-state index contributed by atoms with van der Waals surface area (Å²) in [7, 11) is 0. The third-order valence-electron chi connectivity index (χ3n) is 3.49. The van der Waals surface area contributed by atoms with E-state index in [1.165, 1.54) is 17.4 Å². The van der Waals surface area contributed by atoms with Crippen molar-refractivity contribution in [3.8, 4) is 0 Å². The van der Waals surface area contributed by atoms with Crippen molar-refractivity contribution in [2.75, 3.05) is 18.9 Å². The molecule has 1 aliphatic rings. The molecule has 3 rings (SSSR count). The van der Waals surface area contributed by atoms with Crippen LogP contribution in [0.5, 0.6) is 0 Å². The molecule has 1 aliphatic carbocycles. The number of nitrogens with two attached hydrogens (primary N) is 1. The van der Waals surface area contributed by atoms with E-state index >= 15 is 0 Å². The summed E-state index contributed by atoms with van der Waals surface area (Å²) in [6.45, 7) is 0.209. The molecule has 0 spiro atoms. The normalized spacial score (nSPS) is 14.7.